The maximum absolute atomic E-state index is 13.1. The molecule has 0 radical (unpaired) electrons. The third-order valence-corrected chi connectivity index (χ3v) is 4.46. The SMILES string of the molecule is CN(C(=O)C1(O)CCSC1)c1ccc(F)c(Cl)c1. The molecule has 1 unspecified atom stereocenters. The molecule has 1 aliphatic heterocycles. The van der Waals surface area contributed by atoms with E-state index in [4.69, 9.17) is 11.6 Å². The quantitative estimate of drug-likeness (QED) is 0.908. The van der Waals surface area contributed by atoms with Gasteiger partial charge in [0.1, 0.15) is 5.82 Å². The lowest BCUT2D eigenvalue weighted by molar-refractivity contribution is -0.134. The minimum Gasteiger partial charge on any atom is -0.379 e. The van der Waals surface area contributed by atoms with E-state index in [1.165, 1.54) is 23.1 Å². The largest absolute Gasteiger partial charge is 0.379 e. The van der Waals surface area contributed by atoms with Crippen molar-refractivity contribution in [1.29, 1.82) is 0 Å². The Morgan fingerprint density at radius 3 is 2.89 bits per heavy atom. The summed E-state index contributed by atoms with van der Waals surface area (Å²) in [6.45, 7) is 0. The van der Waals surface area contributed by atoms with E-state index in [0.717, 1.165) is 5.75 Å². The number of aliphatic hydroxyl groups is 1. The number of likely N-dealkylation sites (N-methyl/N-ethyl adjacent to an activating group) is 1. The molecule has 1 atom stereocenters. The van der Waals surface area contributed by atoms with Crippen LogP contribution in [-0.2, 0) is 4.79 Å². The molecule has 1 aromatic rings. The van der Waals surface area contributed by atoms with E-state index in [1.54, 1.807) is 18.8 Å². The Balaban J connectivity index is 2.22. The molecule has 0 spiro atoms. The number of carbonyl (C=O) groups excluding carboxylic acids is 1. The second kappa shape index (κ2) is 5.07. The molecular weight excluding hydrogens is 277 g/mol. The fourth-order valence-electron chi connectivity index (χ4n) is 1.85. The van der Waals surface area contributed by atoms with Crippen LogP contribution in [-0.4, -0.2) is 35.2 Å². The molecule has 98 valence electrons. The van der Waals surface area contributed by atoms with E-state index in [-0.39, 0.29) is 10.9 Å². The van der Waals surface area contributed by atoms with Crippen LogP contribution in [0.2, 0.25) is 5.02 Å². The Hall–Kier alpha value is -0.780. The number of hydrogen-bond acceptors (Lipinski definition) is 3. The summed E-state index contributed by atoms with van der Waals surface area (Å²) in [6.07, 6.45) is 0.440. The smallest absolute Gasteiger partial charge is 0.259 e. The normalized spacial score (nSPS) is 23.1. The lowest BCUT2D eigenvalue weighted by Crippen LogP contribution is -2.47. The predicted molar refractivity (Wildman–Crippen MR) is 71.7 cm³/mol. The van der Waals surface area contributed by atoms with Crippen LogP contribution >= 0.6 is 23.4 Å². The third kappa shape index (κ3) is 2.48. The van der Waals surface area contributed by atoms with Crippen LogP contribution in [0.5, 0.6) is 0 Å². The monoisotopic (exact) mass is 289 g/mol. The fourth-order valence-corrected chi connectivity index (χ4v) is 3.25. The molecule has 1 saturated heterocycles. The van der Waals surface area contributed by atoms with E-state index in [1.807, 2.05) is 0 Å². The number of halogens is 2. The maximum atomic E-state index is 13.1. The van der Waals surface area contributed by atoms with Gasteiger partial charge < -0.3 is 10.0 Å². The lowest BCUT2D eigenvalue weighted by atomic mass is 10.0. The summed E-state index contributed by atoms with van der Waals surface area (Å²) in [4.78, 5) is 13.5. The Bertz CT molecular complexity index is 477. The molecule has 2 rings (SSSR count). The third-order valence-electron chi connectivity index (χ3n) is 2.99. The van der Waals surface area contributed by atoms with Crippen LogP contribution in [0.4, 0.5) is 10.1 Å². The van der Waals surface area contributed by atoms with E-state index in [2.05, 4.69) is 0 Å². The van der Waals surface area contributed by atoms with E-state index in [0.29, 0.717) is 17.9 Å². The van der Waals surface area contributed by atoms with Crippen LogP contribution in [0.1, 0.15) is 6.42 Å². The van der Waals surface area contributed by atoms with Gasteiger partial charge in [0.05, 0.1) is 5.02 Å². The van der Waals surface area contributed by atoms with Gasteiger partial charge in [-0.2, -0.15) is 11.8 Å². The summed E-state index contributed by atoms with van der Waals surface area (Å²) in [5, 5.41) is 10.2. The molecule has 1 fully saturated rings. The average Bonchev–Trinajstić information content (AvgIpc) is 2.79. The first-order valence-electron chi connectivity index (χ1n) is 5.47. The number of benzene rings is 1. The van der Waals surface area contributed by atoms with Gasteiger partial charge in [-0.25, -0.2) is 4.39 Å². The van der Waals surface area contributed by atoms with Crippen molar-refractivity contribution in [2.75, 3.05) is 23.5 Å². The molecule has 1 aliphatic rings. The van der Waals surface area contributed by atoms with Gasteiger partial charge in [0, 0.05) is 18.5 Å². The summed E-state index contributed by atoms with van der Waals surface area (Å²) in [5.41, 5.74) is -0.850. The number of carbonyl (C=O) groups is 1. The van der Waals surface area contributed by atoms with Crippen LogP contribution in [0.25, 0.3) is 0 Å². The van der Waals surface area contributed by atoms with Gasteiger partial charge >= 0.3 is 0 Å². The summed E-state index contributed by atoms with van der Waals surface area (Å²) < 4.78 is 13.1. The van der Waals surface area contributed by atoms with Gasteiger partial charge in [0.15, 0.2) is 5.60 Å². The van der Waals surface area contributed by atoms with Crippen LogP contribution in [0.15, 0.2) is 18.2 Å². The first-order valence-corrected chi connectivity index (χ1v) is 7.01. The number of hydrogen-bond donors (Lipinski definition) is 1. The zero-order valence-electron chi connectivity index (χ0n) is 9.82. The predicted octanol–water partition coefficient (Wildman–Crippen LogP) is 2.31. The minimum atomic E-state index is -1.32. The maximum Gasteiger partial charge on any atom is 0.259 e. The molecule has 0 aliphatic carbocycles. The van der Waals surface area contributed by atoms with Crippen LogP contribution < -0.4 is 4.90 Å². The van der Waals surface area contributed by atoms with Crippen molar-refractivity contribution in [2.45, 2.75) is 12.0 Å². The number of anilines is 1. The fraction of sp³-hybridized carbons (Fsp3) is 0.417. The zero-order valence-corrected chi connectivity index (χ0v) is 11.4. The second-order valence-corrected chi connectivity index (χ2v) is 5.81. The molecule has 3 nitrogen and oxygen atoms in total. The highest BCUT2D eigenvalue weighted by atomic mass is 35.5. The van der Waals surface area contributed by atoms with Crippen molar-refractivity contribution in [2.24, 2.45) is 0 Å². The first kappa shape index (κ1) is 13.6. The summed E-state index contributed by atoms with van der Waals surface area (Å²) in [5.74, 6) is 0.248. The number of rotatable bonds is 2. The summed E-state index contributed by atoms with van der Waals surface area (Å²) >= 11 is 7.22. The van der Waals surface area contributed by atoms with Gasteiger partial charge in [0.2, 0.25) is 0 Å². The molecule has 0 saturated carbocycles. The number of nitrogens with zero attached hydrogens (tertiary/aromatic N) is 1. The van der Waals surface area contributed by atoms with Gasteiger partial charge in [0.25, 0.3) is 5.91 Å². The number of amides is 1. The molecule has 0 bridgehead atoms. The number of thioether (sulfide) groups is 1. The van der Waals surface area contributed by atoms with Gasteiger partial charge in [-0.05, 0) is 30.4 Å². The van der Waals surface area contributed by atoms with Crippen molar-refractivity contribution in [3.8, 4) is 0 Å². The summed E-state index contributed by atoms with van der Waals surface area (Å²) in [6, 6.07) is 4.04. The first-order chi connectivity index (χ1) is 8.44. The molecule has 1 N–H and O–H groups in total. The lowest BCUT2D eigenvalue weighted by Gasteiger charge is -2.27. The molecule has 1 aromatic carbocycles. The highest BCUT2D eigenvalue weighted by molar-refractivity contribution is 7.99. The van der Waals surface area contributed by atoms with E-state index in [9.17, 15) is 14.3 Å². The van der Waals surface area contributed by atoms with Crippen LogP contribution in [0, 0.1) is 5.82 Å². The van der Waals surface area contributed by atoms with E-state index < -0.39 is 11.4 Å². The topological polar surface area (TPSA) is 40.5 Å². The molecule has 1 amide bonds. The Morgan fingerprint density at radius 2 is 2.33 bits per heavy atom. The van der Waals surface area contributed by atoms with Crippen molar-refractivity contribution in [3.63, 3.8) is 0 Å². The van der Waals surface area contributed by atoms with Crippen molar-refractivity contribution >= 4 is 35.0 Å². The molecule has 1 heterocycles. The van der Waals surface area contributed by atoms with Crippen molar-refractivity contribution in [1.82, 2.24) is 0 Å². The Morgan fingerprint density at radius 1 is 1.61 bits per heavy atom. The highest BCUT2D eigenvalue weighted by Gasteiger charge is 2.41. The highest BCUT2D eigenvalue weighted by Crippen LogP contribution is 2.31. The van der Waals surface area contributed by atoms with Crippen molar-refractivity contribution in [3.05, 3.63) is 29.0 Å². The van der Waals surface area contributed by atoms with Gasteiger partial charge in [-0.15, -0.1) is 0 Å². The molecule has 18 heavy (non-hydrogen) atoms. The van der Waals surface area contributed by atoms with Gasteiger partial charge in [-0.3, -0.25) is 4.79 Å². The average molecular weight is 290 g/mol. The molecule has 6 heteroatoms. The zero-order chi connectivity index (χ0) is 13.3. The summed E-state index contributed by atoms with van der Waals surface area (Å²) in [7, 11) is 1.55. The standard InChI is InChI=1S/C12H13ClFNO2S/c1-15(8-2-3-10(14)9(13)6-8)11(16)12(17)4-5-18-7-12/h2-3,6,17H,4-5,7H2,1H3. The Kier molecular flexibility index (Phi) is 3.84. The van der Waals surface area contributed by atoms with E-state index >= 15 is 0 Å². The minimum absolute atomic E-state index is 0.0417. The Labute approximate surface area is 114 Å². The molecular formula is C12H13ClFNO2S. The molecule has 0 aromatic heterocycles. The van der Waals surface area contributed by atoms with Gasteiger partial charge in [-0.1, -0.05) is 11.6 Å². The van der Waals surface area contributed by atoms with Crippen LogP contribution in [0.3, 0.4) is 0 Å². The second-order valence-electron chi connectivity index (χ2n) is 4.30. The van der Waals surface area contributed by atoms with Crippen molar-refractivity contribution < 1.29 is 14.3 Å².